The highest BCUT2D eigenvalue weighted by molar-refractivity contribution is 7.89. The Labute approximate surface area is 111 Å². The Kier molecular flexibility index (Phi) is 4.17. The average molecular weight is 290 g/mol. The molecule has 1 saturated carbocycles. The summed E-state index contributed by atoms with van der Waals surface area (Å²) >= 11 is 0. The van der Waals surface area contributed by atoms with E-state index < -0.39 is 26.6 Å². The highest BCUT2D eigenvalue weighted by atomic mass is 32.2. The van der Waals surface area contributed by atoms with Gasteiger partial charge in [-0.15, -0.1) is 0 Å². The van der Waals surface area contributed by atoms with Crippen LogP contribution in [0.4, 0.5) is 8.78 Å². The van der Waals surface area contributed by atoms with Crippen LogP contribution in [0.5, 0.6) is 0 Å². The summed E-state index contributed by atoms with van der Waals surface area (Å²) in [4.78, 5) is -0.491. The molecule has 19 heavy (non-hydrogen) atoms. The number of rotatable bonds is 5. The molecular weight excluding hydrogens is 274 g/mol. The zero-order valence-electron chi connectivity index (χ0n) is 10.4. The number of sulfonamides is 1. The molecule has 7 heteroatoms. The van der Waals surface area contributed by atoms with Crippen molar-refractivity contribution < 1.29 is 17.2 Å². The maximum Gasteiger partial charge on any atom is 0.246 e. The van der Waals surface area contributed by atoms with E-state index in [2.05, 4.69) is 0 Å². The number of halogens is 2. The van der Waals surface area contributed by atoms with Crippen LogP contribution < -0.4 is 5.73 Å². The highest BCUT2D eigenvalue weighted by Crippen LogP contribution is 2.30. The molecule has 1 aliphatic rings. The van der Waals surface area contributed by atoms with Crippen molar-refractivity contribution in [1.82, 2.24) is 4.31 Å². The van der Waals surface area contributed by atoms with E-state index in [1.165, 1.54) is 4.31 Å². The van der Waals surface area contributed by atoms with Gasteiger partial charge >= 0.3 is 0 Å². The molecule has 1 fully saturated rings. The molecule has 0 bridgehead atoms. The Balaban J connectivity index is 2.38. The third-order valence-corrected chi connectivity index (χ3v) is 5.30. The predicted molar refractivity (Wildman–Crippen MR) is 66.9 cm³/mol. The van der Waals surface area contributed by atoms with Gasteiger partial charge in [-0.25, -0.2) is 17.2 Å². The van der Waals surface area contributed by atoms with Crippen LogP contribution in [-0.2, 0) is 10.0 Å². The summed E-state index contributed by atoms with van der Waals surface area (Å²) in [6.07, 6.45) is 2.46. The Hall–Kier alpha value is -1.05. The van der Waals surface area contributed by atoms with Gasteiger partial charge in [0.15, 0.2) is 0 Å². The maximum atomic E-state index is 13.7. The van der Waals surface area contributed by atoms with Crippen molar-refractivity contribution in [3.8, 4) is 0 Å². The monoisotopic (exact) mass is 290 g/mol. The van der Waals surface area contributed by atoms with E-state index in [0.29, 0.717) is 6.07 Å². The Morgan fingerprint density at radius 1 is 1.32 bits per heavy atom. The second-order valence-corrected chi connectivity index (χ2v) is 6.42. The molecule has 0 heterocycles. The molecule has 0 radical (unpaired) electrons. The van der Waals surface area contributed by atoms with Gasteiger partial charge in [-0.05, 0) is 25.0 Å². The van der Waals surface area contributed by atoms with Gasteiger partial charge < -0.3 is 5.73 Å². The van der Waals surface area contributed by atoms with Crippen LogP contribution in [-0.4, -0.2) is 31.9 Å². The third kappa shape index (κ3) is 2.77. The fraction of sp³-hybridized carbons (Fsp3) is 0.500. The Bertz CT molecular complexity index is 559. The first-order valence-corrected chi connectivity index (χ1v) is 7.58. The van der Waals surface area contributed by atoms with Crippen molar-refractivity contribution in [2.75, 3.05) is 13.1 Å². The molecular formula is C12H16F2N2O2S. The molecule has 1 aliphatic carbocycles. The van der Waals surface area contributed by atoms with Gasteiger partial charge in [-0.2, -0.15) is 4.31 Å². The normalized spacial score (nSPS) is 16.6. The molecule has 106 valence electrons. The molecule has 0 aromatic heterocycles. The number of hydrogen-bond donors (Lipinski definition) is 1. The Morgan fingerprint density at radius 2 is 2.00 bits per heavy atom. The van der Waals surface area contributed by atoms with Gasteiger partial charge in [0.2, 0.25) is 10.0 Å². The first-order valence-electron chi connectivity index (χ1n) is 6.14. The molecule has 2 rings (SSSR count). The fourth-order valence-electron chi connectivity index (χ4n) is 2.11. The van der Waals surface area contributed by atoms with Gasteiger partial charge in [0.05, 0.1) is 0 Å². The van der Waals surface area contributed by atoms with E-state index in [9.17, 15) is 17.2 Å². The fourth-order valence-corrected chi connectivity index (χ4v) is 3.86. The third-order valence-electron chi connectivity index (χ3n) is 3.31. The molecule has 0 unspecified atom stereocenters. The van der Waals surface area contributed by atoms with Crippen LogP contribution in [0.2, 0.25) is 0 Å². The molecule has 1 aromatic carbocycles. The molecule has 4 nitrogen and oxygen atoms in total. The van der Waals surface area contributed by atoms with Crippen LogP contribution in [0.25, 0.3) is 0 Å². The zero-order chi connectivity index (χ0) is 14.0. The first-order chi connectivity index (χ1) is 8.96. The zero-order valence-corrected chi connectivity index (χ0v) is 11.2. The van der Waals surface area contributed by atoms with E-state index >= 15 is 0 Å². The molecule has 1 aromatic rings. The molecule has 2 N–H and O–H groups in total. The van der Waals surface area contributed by atoms with Crippen LogP contribution in [0.15, 0.2) is 23.1 Å². The minimum absolute atomic E-state index is 0.127. The number of benzene rings is 1. The van der Waals surface area contributed by atoms with E-state index in [-0.39, 0.29) is 19.1 Å². The maximum absolute atomic E-state index is 13.7. The largest absolute Gasteiger partial charge is 0.329 e. The highest BCUT2D eigenvalue weighted by Gasteiger charge is 2.35. The number of nitrogens with zero attached hydrogens (tertiary/aromatic N) is 1. The van der Waals surface area contributed by atoms with Gasteiger partial charge in [0, 0.05) is 25.2 Å². The van der Waals surface area contributed by atoms with Crippen LogP contribution in [0, 0.1) is 11.6 Å². The minimum atomic E-state index is -3.96. The second kappa shape index (κ2) is 5.52. The SMILES string of the molecule is NCCN(C1CCC1)S(=O)(=O)c1ccc(F)cc1F. The van der Waals surface area contributed by atoms with Gasteiger partial charge in [0.25, 0.3) is 0 Å². The Morgan fingerprint density at radius 3 is 2.47 bits per heavy atom. The summed E-state index contributed by atoms with van der Waals surface area (Å²) in [5.41, 5.74) is 5.42. The number of hydrogen-bond acceptors (Lipinski definition) is 3. The van der Waals surface area contributed by atoms with E-state index in [1.54, 1.807) is 0 Å². The summed E-state index contributed by atoms with van der Waals surface area (Å²) in [6.45, 7) is 0.308. The smallest absolute Gasteiger partial charge is 0.246 e. The first kappa shape index (κ1) is 14.4. The van der Waals surface area contributed by atoms with E-state index in [4.69, 9.17) is 5.73 Å². The average Bonchev–Trinajstić information content (AvgIpc) is 2.25. The topological polar surface area (TPSA) is 63.4 Å². The molecule has 0 amide bonds. The van der Waals surface area contributed by atoms with E-state index in [1.807, 2.05) is 0 Å². The summed E-state index contributed by atoms with van der Waals surface area (Å²) in [6, 6.07) is 2.35. The van der Waals surface area contributed by atoms with Crippen molar-refractivity contribution >= 4 is 10.0 Å². The molecule has 0 spiro atoms. The van der Waals surface area contributed by atoms with Crippen molar-refractivity contribution in [3.05, 3.63) is 29.8 Å². The standard InChI is InChI=1S/C12H16F2N2O2S/c13-9-4-5-12(11(14)8-9)19(17,18)16(7-6-15)10-2-1-3-10/h4-5,8,10H,1-3,6-7,15H2. The molecule has 0 aliphatic heterocycles. The van der Waals surface area contributed by atoms with Gasteiger partial charge in [0.1, 0.15) is 16.5 Å². The minimum Gasteiger partial charge on any atom is -0.329 e. The number of nitrogens with two attached hydrogens (primary N) is 1. The van der Waals surface area contributed by atoms with Crippen LogP contribution in [0.3, 0.4) is 0 Å². The lowest BCUT2D eigenvalue weighted by Crippen LogP contribution is -2.46. The van der Waals surface area contributed by atoms with E-state index in [0.717, 1.165) is 31.4 Å². The predicted octanol–water partition coefficient (Wildman–Crippen LogP) is 1.47. The van der Waals surface area contributed by atoms with Crippen LogP contribution >= 0.6 is 0 Å². The second-order valence-electron chi connectivity index (χ2n) is 4.56. The van der Waals surface area contributed by atoms with Gasteiger partial charge in [-0.3, -0.25) is 0 Å². The molecule has 0 atom stereocenters. The van der Waals surface area contributed by atoms with Crippen molar-refractivity contribution in [2.24, 2.45) is 5.73 Å². The van der Waals surface area contributed by atoms with Gasteiger partial charge in [-0.1, -0.05) is 6.42 Å². The lowest BCUT2D eigenvalue weighted by molar-refractivity contribution is 0.222. The van der Waals surface area contributed by atoms with Crippen molar-refractivity contribution in [1.29, 1.82) is 0 Å². The summed E-state index contributed by atoms with van der Waals surface area (Å²) in [7, 11) is -3.96. The molecule has 0 saturated heterocycles. The summed E-state index contributed by atoms with van der Waals surface area (Å²) in [5, 5.41) is 0. The lowest BCUT2D eigenvalue weighted by Gasteiger charge is -2.36. The summed E-state index contributed by atoms with van der Waals surface area (Å²) < 4.78 is 52.5. The van der Waals surface area contributed by atoms with Crippen LogP contribution in [0.1, 0.15) is 19.3 Å². The van der Waals surface area contributed by atoms with Crippen molar-refractivity contribution in [3.63, 3.8) is 0 Å². The summed E-state index contributed by atoms with van der Waals surface area (Å²) in [5.74, 6) is -1.87. The quantitative estimate of drug-likeness (QED) is 0.893. The van der Waals surface area contributed by atoms with Crippen molar-refractivity contribution in [2.45, 2.75) is 30.2 Å². The lowest BCUT2D eigenvalue weighted by atomic mass is 9.93.